The number of amides is 2. The molecular weight excluding hydrogens is 613 g/mol. The van der Waals surface area contributed by atoms with Gasteiger partial charge in [0, 0.05) is 31.3 Å². The second-order valence-corrected chi connectivity index (χ2v) is 12.9. The van der Waals surface area contributed by atoms with Crippen LogP contribution in [0.1, 0.15) is 101 Å². The number of aliphatic imine (C=N–C) groups is 1. The Morgan fingerprint density at radius 1 is 1.13 bits per heavy atom. The van der Waals surface area contributed by atoms with E-state index in [4.69, 9.17) is 5.73 Å². The summed E-state index contributed by atoms with van der Waals surface area (Å²) in [5, 5.41) is 12.5. The Kier molecular flexibility index (Phi) is 14.7. The zero-order valence-corrected chi connectivity index (χ0v) is 27.5. The fraction of sp³-hybridized carbons (Fsp3) is 0.606. The van der Waals surface area contributed by atoms with E-state index < -0.39 is 53.8 Å². The van der Waals surface area contributed by atoms with Crippen LogP contribution in [-0.4, -0.2) is 75.9 Å². The van der Waals surface area contributed by atoms with Crippen molar-refractivity contribution in [3.05, 3.63) is 29.0 Å². The third kappa shape index (κ3) is 10.4. The smallest absolute Gasteiger partial charge is 0.304 e. The molecule has 1 aliphatic heterocycles. The van der Waals surface area contributed by atoms with E-state index in [2.05, 4.69) is 15.3 Å². The molecule has 3 atom stereocenters. The number of likely N-dealkylation sites (tertiary alicyclic amines) is 1. The predicted molar refractivity (Wildman–Crippen MR) is 175 cm³/mol. The Morgan fingerprint density at radius 2 is 1.87 bits per heavy atom. The molecule has 0 radical (unpaired) electrons. The number of hydrogen-bond donors (Lipinski definition) is 3. The highest BCUT2D eigenvalue weighted by Gasteiger charge is 2.39. The van der Waals surface area contributed by atoms with Crippen molar-refractivity contribution >= 4 is 57.2 Å². The number of nitrogens with one attached hydrogen (secondary N) is 1. The Hall–Kier alpha value is -3.74. The minimum Gasteiger partial charge on any atom is -0.481 e. The van der Waals surface area contributed by atoms with Crippen LogP contribution in [0.5, 0.6) is 0 Å². The summed E-state index contributed by atoms with van der Waals surface area (Å²) in [7, 11) is 0. The highest BCUT2D eigenvalue weighted by molar-refractivity contribution is 7.20. The molecule has 13 heteroatoms. The number of aliphatic carboxylic acids is 1. The van der Waals surface area contributed by atoms with Crippen LogP contribution in [0.25, 0.3) is 10.2 Å². The number of carbonyl (C=O) groups excluding carboxylic acids is 4. The fourth-order valence-electron chi connectivity index (χ4n) is 6.10. The van der Waals surface area contributed by atoms with Crippen LogP contribution >= 0.6 is 11.3 Å². The van der Waals surface area contributed by atoms with Gasteiger partial charge in [-0.15, -0.1) is 11.3 Å². The first-order chi connectivity index (χ1) is 22.1. The number of halogens is 1. The number of rotatable bonds is 20. The van der Waals surface area contributed by atoms with Crippen LogP contribution in [0.2, 0.25) is 0 Å². The van der Waals surface area contributed by atoms with Crippen molar-refractivity contribution in [1.82, 2.24) is 15.2 Å². The van der Waals surface area contributed by atoms with Gasteiger partial charge in [0.15, 0.2) is 5.01 Å². The molecule has 0 saturated carbocycles. The maximum Gasteiger partial charge on any atom is 0.304 e. The van der Waals surface area contributed by atoms with E-state index in [0.717, 1.165) is 43.4 Å². The molecule has 1 fully saturated rings. The number of benzene rings is 1. The SMILES string of the molecule is CCCC(CCC)C(=O)CCC[C@@H](CC(=O)O)C(=O)N1CCC[C@H]1C(=O)NC(CCCN=CN)C(=O)c1nc2ccc(F)cc2s1. The summed E-state index contributed by atoms with van der Waals surface area (Å²) < 4.78 is 14.2. The minimum absolute atomic E-state index is 0.0167. The Bertz CT molecular complexity index is 1390. The predicted octanol–water partition coefficient (Wildman–Crippen LogP) is 4.91. The molecule has 4 N–H and O–H groups in total. The van der Waals surface area contributed by atoms with E-state index in [1.165, 1.54) is 23.1 Å². The lowest BCUT2D eigenvalue weighted by Gasteiger charge is -2.29. The highest BCUT2D eigenvalue weighted by Crippen LogP contribution is 2.27. The van der Waals surface area contributed by atoms with Gasteiger partial charge in [-0.3, -0.25) is 29.0 Å². The summed E-state index contributed by atoms with van der Waals surface area (Å²) in [4.78, 5) is 75.1. The van der Waals surface area contributed by atoms with Crippen molar-refractivity contribution in [3.63, 3.8) is 0 Å². The third-order valence-electron chi connectivity index (χ3n) is 8.39. The molecular formula is C33H46FN5O6S. The summed E-state index contributed by atoms with van der Waals surface area (Å²) in [6.07, 6.45) is 6.71. The quantitative estimate of drug-likeness (QED) is 0.0779. The van der Waals surface area contributed by atoms with Gasteiger partial charge in [-0.05, 0) is 69.6 Å². The van der Waals surface area contributed by atoms with E-state index in [9.17, 15) is 33.5 Å². The summed E-state index contributed by atoms with van der Waals surface area (Å²) in [5.74, 6) is -3.68. The van der Waals surface area contributed by atoms with Crippen molar-refractivity contribution in [2.45, 2.75) is 103 Å². The lowest BCUT2D eigenvalue weighted by atomic mass is 9.89. The summed E-state index contributed by atoms with van der Waals surface area (Å²) in [6.45, 7) is 4.70. The topological polar surface area (TPSA) is 172 Å². The van der Waals surface area contributed by atoms with Gasteiger partial charge in [0.25, 0.3) is 0 Å². The number of thiazole rings is 1. The van der Waals surface area contributed by atoms with E-state index in [0.29, 0.717) is 42.4 Å². The third-order valence-corrected chi connectivity index (χ3v) is 9.43. The number of carboxylic acids is 1. The molecule has 2 amide bonds. The van der Waals surface area contributed by atoms with Gasteiger partial charge in [0.05, 0.1) is 29.0 Å². The number of fused-ring (bicyclic) bond motifs is 1. The number of ketones is 2. The van der Waals surface area contributed by atoms with Crippen LogP contribution in [0.3, 0.4) is 0 Å². The molecule has 46 heavy (non-hydrogen) atoms. The molecule has 1 aliphatic rings. The van der Waals surface area contributed by atoms with Crippen molar-refractivity contribution in [2.75, 3.05) is 13.1 Å². The average molecular weight is 660 g/mol. The molecule has 1 aromatic heterocycles. The molecule has 1 saturated heterocycles. The molecule has 2 heterocycles. The molecule has 0 aliphatic carbocycles. The standard InChI is InChI=1S/C33H46FN5O6S/c1-3-8-21(9-4-2)27(40)13-5-10-22(18-29(41)42)33(45)39-17-7-12-26(39)31(44)37-25(11-6-16-36-20-35)30(43)32-38-24-15-14-23(34)19-28(24)46-32/h14-15,19-22,25-26H,3-13,16-18H2,1-2H3,(H2,35,36)(H,37,44)(H,41,42)/t22-,25?,26-/m0/s1. The zero-order valence-electron chi connectivity index (χ0n) is 26.7. The molecule has 11 nitrogen and oxygen atoms in total. The van der Waals surface area contributed by atoms with E-state index in [1.807, 2.05) is 13.8 Å². The molecule has 1 unspecified atom stereocenters. The van der Waals surface area contributed by atoms with Crippen molar-refractivity contribution in [3.8, 4) is 0 Å². The maximum atomic E-state index is 13.7. The number of hydrogen-bond acceptors (Lipinski definition) is 8. The number of nitrogens with two attached hydrogens (primary N) is 1. The lowest BCUT2D eigenvalue weighted by Crippen LogP contribution is -2.52. The number of nitrogens with zero attached hydrogens (tertiary/aromatic N) is 3. The summed E-state index contributed by atoms with van der Waals surface area (Å²) in [6, 6.07) is 2.21. The number of carboxylic acid groups (broad SMARTS) is 1. The highest BCUT2D eigenvalue weighted by atomic mass is 32.1. The van der Waals surface area contributed by atoms with E-state index >= 15 is 0 Å². The van der Waals surface area contributed by atoms with Crippen LogP contribution in [0, 0.1) is 17.7 Å². The Morgan fingerprint density at radius 3 is 2.54 bits per heavy atom. The van der Waals surface area contributed by atoms with Gasteiger partial charge in [-0.2, -0.15) is 0 Å². The molecule has 0 bridgehead atoms. The van der Waals surface area contributed by atoms with Gasteiger partial charge in [-0.25, -0.2) is 9.37 Å². The maximum absolute atomic E-state index is 13.7. The first-order valence-corrected chi connectivity index (χ1v) is 17.1. The normalized spacial score (nSPS) is 16.3. The largest absolute Gasteiger partial charge is 0.481 e. The number of aromatic nitrogens is 1. The van der Waals surface area contributed by atoms with E-state index in [1.54, 1.807) is 0 Å². The molecule has 3 rings (SSSR count). The van der Waals surface area contributed by atoms with Crippen molar-refractivity contribution in [2.24, 2.45) is 22.6 Å². The van der Waals surface area contributed by atoms with Crippen LogP contribution in [-0.2, 0) is 19.2 Å². The van der Waals surface area contributed by atoms with Crippen molar-refractivity contribution in [1.29, 1.82) is 0 Å². The van der Waals surface area contributed by atoms with Crippen molar-refractivity contribution < 1.29 is 33.5 Å². The van der Waals surface area contributed by atoms with Gasteiger partial charge in [0.1, 0.15) is 17.6 Å². The zero-order chi connectivity index (χ0) is 33.6. The second-order valence-electron chi connectivity index (χ2n) is 11.9. The molecule has 1 aromatic carbocycles. The van der Waals surface area contributed by atoms with Gasteiger partial charge >= 0.3 is 5.97 Å². The van der Waals surface area contributed by atoms with Gasteiger partial charge in [0.2, 0.25) is 17.6 Å². The Balaban J connectivity index is 1.72. The molecule has 2 aromatic rings. The van der Waals surface area contributed by atoms with Gasteiger partial charge in [-0.1, -0.05) is 26.7 Å². The summed E-state index contributed by atoms with van der Waals surface area (Å²) >= 11 is 1.04. The molecule has 0 spiro atoms. The first-order valence-electron chi connectivity index (χ1n) is 16.2. The van der Waals surface area contributed by atoms with Crippen LogP contribution in [0.15, 0.2) is 23.2 Å². The average Bonchev–Trinajstić information content (AvgIpc) is 3.68. The summed E-state index contributed by atoms with van der Waals surface area (Å²) in [5.41, 5.74) is 5.81. The van der Waals surface area contributed by atoms with Crippen LogP contribution < -0.4 is 11.1 Å². The van der Waals surface area contributed by atoms with Crippen LogP contribution in [0.4, 0.5) is 4.39 Å². The number of carbonyl (C=O) groups is 5. The minimum atomic E-state index is -1.12. The fourth-order valence-corrected chi connectivity index (χ4v) is 7.09. The number of Topliss-reactive ketones (excluding diaryl/α,β-unsaturated/α-hetero) is 2. The van der Waals surface area contributed by atoms with E-state index in [-0.39, 0.29) is 42.5 Å². The monoisotopic (exact) mass is 659 g/mol. The Labute approximate surface area is 273 Å². The molecule has 252 valence electrons. The lowest BCUT2D eigenvalue weighted by molar-refractivity contribution is -0.147. The second kappa shape index (κ2) is 18.4. The first kappa shape index (κ1) is 36.7. The van der Waals surface area contributed by atoms with Gasteiger partial charge < -0.3 is 21.1 Å².